The quantitative estimate of drug-likeness (QED) is 0.872. The minimum atomic E-state index is 0.395. The minimum absolute atomic E-state index is 0.395. The third kappa shape index (κ3) is 3.60. The van der Waals surface area contributed by atoms with E-state index in [-0.39, 0.29) is 0 Å². The van der Waals surface area contributed by atoms with Crippen molar-refractivity contribution in [3.8, 4) is 5.88 Å². The molecule has 4 heteroatoms. The van der Waals surface area contributed by atoms with Crippen LogP contribution >= 0.6 is 0 Å². The van der Waals surface area contributed by atoms with Gasteiger partial charge in [-0.05, 0) is 32.3 Å². The van der Waals surface area contributed by atoms with E-state index in [1.807, 2.05) is 25.3 Å². The molecule has 1 saturated heterocycles. The highest BCUT2D eigenvalue weighted by Crippen LogP contribution is 2.21. The first-order valence-electron chi connectivity index (χ1n) is 6.78. The van der Waals surface area contributed by atoms with E-state index in [9.17, 15) is 0 Å². The minimum Gasteiger partial charge on any atom is -0.478 e. The molecule has 1 aromatic heterocycles. The maximum atomic E-state index is 5.67. The van der Waals surface area contributed by atoms with Crippen molar-refractivity contribution < 1.29 is 9.47 Å². The van der Waals surface area contributed by atoms with Crippen molar-refractivity contribution in [2.24, 2.45) is 0 Å². The Bertz CT molecular complexity index is 353. The van der Waals surface area contributed by atoms with Crippen LogP contribution in [0.2, 0.25) is 0 Å². The fraction of sp³-hybridized carbons (Fsp3) is 0.643. The third-order valence-corrected chi connectivity index (χ3v) is 3.22. The first-order valence-corrected chi connectivity index (χ1v) is 6.78. The summed E-state index contributed by atoms with van der Waals surface area (Å²) in [6.45, 7) is 5.63. The second-order valence-electron chi connectivity index (χ2n) is 4.58. The Labute approximate surface area is 109 Å². The molecule has 0 aromatic carbocycles. The van der Waals surface area contributed by atoms with E-state index in [4.69, 9.17) is 9.47 Å². The number of ether oxygens (including phenoxy) is 2. The SMILES string of the molecule is CCOc1ccc(NC2CCOC(CC)C2)cn1. The Kier molecular flexibility index (Phi) is 4.81. The summed E-state index contributed by atoms with van der Waals surface area (Å²) in [7, 11) is 0. The molecule has 18 heavy (non-hydrogen) atoms. The van der Waals surface area contributed by atoms with Crippen LogP contribution in [0.3, 0.4) is 0 Å². The summed E-state index contributed by atoms with van der Waals surface area (Å²) in [5, 5.41) is 3.52. The highest BCUT2D eigenvalue weighted by Gasteiger charge is 2.20. The number of hydrogen-bond acceptors (Lipinski definition) is 4. The molecule has 1 aromatic rings. The van der Waals surface area contributed by atoms with Crippen molar-refractivity contribution in [2.75, 3.05) is 18.5 Å². The van der Waals surface area contributed by atoms with E-state index in [1.165, 1.54) is 0 Å². The zero-order valence-electron chi connectivity index (χ0n) is 11.2. The number of pyridine rings is 1. The molecule has 100 valence electrons. The lowest BCUT2D eigenvalue weighted by atomic mass is 10.0. The van der Waals surface area contributed by atoms with Gasteiger partial charge in [-0.1, -0.05) is 6.92 Å². The number of hydrogen-bond donors (Lipinski definition) is 1. The Morgan fingerprint density at radius 1 is 1.44 bits per heavy atom. The summed E-state index contributed by atoms with van der Waals surface area (Å²) in [4.78, 5) is 4.26. The van der Waals surface area contributed by atoms with Crippen molar-refractivity contribution in [1.29, 1.82) is 0 Å². The molecule has 0 saturated carbocycles. The van der Waals surface area contributed by atoms with Gasteiger partial charge in [-0.25, -0.2) is 4.98 Å². The van der Waals surface area contributed by atoms with Crippen LogP contribution in [0, 0.1) is 0 Å². The van der Waals surface area contributed by atoms with Crippen LogP contribution in [0.25, 0.3) is 0 Å². The van der Waals surface area contributed by atoms with Crippen LogP contribution in [0.4, 0.5) is 5.69 Å². The average molecular weight is 250 g/mol. The van der Waals surface area contributed by atoms with Gasteiger partial charge in [0.2, 0.25) is 5.88 Å². The lowest BCUT2D eigenvalue weighted by Crippen LogP contribution is -2.33. The molecule has 0 bridgehead atoms. The zero-order valence-corrected chi connectivity index (χ0v) is 11.2. The van der Waals surface area contributed by atoms with Gasteiger partial charge in [0, 0.05) is 18.7 Å². The maximum Gasteiger partial charge on any atom is 0.213 e. The second kappa shape index (κ2) is 6.59. The van der Waals surface area contributed by atoms with Gasteiger partial charge in [0.1, 0.15) is 0 Å². The van der Waals surface area contributed by atoms with E-state index >= 15 is 0 Å². The number of anilines is 1. The van der Waals surface area contributed by atoms with Crippen LogP contribution < -0.4 is 10.1 Å². The maximum absolute atomic E-state index is 5.67. The summed E-state index contributed by atoms with van der Waals surface area (Å²) in [6, 6.07) is 4.42. The van der Waals surface area contributed by atoms with Gasteiger partial charge in [-0.2, -0.15) is 0 Å². The molecule has 1 aliphatic rings. The monoisotopic (exact) mass is 250 g/mol. The Hall–Kier alpha value is -1.29. The van der Waals surface area contributed by atoms with Crippen LogP contribution in [0.5, 0.6) is 5.88 Å². The molecule has 1 N–H and O–H groups in total. The van der Waals surface area contributed by atoms with Crippen LogP contribution in [-0.2, 0) is 4.74 Å². The lowest BCUT2D eigenvalue weighted by Gasteiger charge is -2.30. The van der Waals surface area contributed by atoms with Crippen molar-refractivity contribution in [1.82, 2.24) is 4.98 Å². The predicted molar refractivity (Wildman–Crippen MR) is 72.1 cm³/mol. The molecule has 0 spiro atoms. The number of nitrogens with one attached hydrogen (secondary N) is 1. The average Bonchev–Trinajstić information content (AvgIpc) is 2.42. The van der Waals surface area contributed by atoms with E-state index in [0.717, 1.165) is 31.6 Å². The molecule has 1 fully saturated rings. The summed E-state index contributed by atoms with van der Waals surface area (Å²) >= 11 is 0. The zero-order chi connectivity index (χ0) is 12.8. The van der Waals surface area contributed by atoms with Gasteiger partial charge >= 0.3 is 0 Å². The summed E-state index contributed by atoms with van der Waals surface area (Å²) in [6.07, 6.45) is 5.45. The first-order chi connectivity index (χ1) is 8.81. The van der Waals surface area contributed by atoms with E-state index in [2.05, 4.69) is 17.2 Å². The van der Waals surface area contributed by atoms with Gasteiger partial charge in [0.15, 0.2) is 0 Å². The topological polar surface area (TPSA) is 43.4 Å². The van der Waals surface area contributed by atoms with Crippen molar-refractivity contribution in [2.45, 2.75) is 45.3 Å². The van der Waals surface area contributed by atoms with Gasteiger partial charge in [-0.3, -0.25) is 0 Å². The molecule has 1 aliphatic heterocycles. The number of aromatic nitrogens is 1. The predicted octanol–water partition coefficient (Wildman–Crippen LogP) is 2.85. The summed E-state index contributed by atoms with van der Waals surface area (Å²) in [5.41, 5.74) is 1.06. The van der Waals surface area contributed by atoms with Crippen LogP contribution in [-0.4, -0.2) is 30.3 Å². The Balaban J connectivity index is 1.88. The van der Waals surface area contributed by atoms with Crippen LogP contribution in [0.1, 0.15) is 33.1 Å². The van der Waals surface area contributed by atoms with Gasteiger partial charge in [-0.15, -0.1) is 0 Å². The standard InChI is InChI=1S/C14H22N2O2/c1-3-13-9-11(7-8-18-13)16-12-5-6-14(15-10-12)17-4-2/h5-6,10-11,13,16H,3-4,7-9H2,1-2H3. The van der Waals surface area contributed by atoms with E-state index in [0.29, 0.717) is 24.6 Å². The van der Waals surface area contributed by atoms with Crippen LogP contribution in [0.15, 0.2) is 18.3 Å². The van der Waals surface area contributed by atoms with E-state index < -0.39 is 0 Å². The molecular weight excluding hydrogens is 228 g/mol. The smallest absolute Gasteiger partial charge is 0.213 e. The molecular formula is C14H22N2O2. The van der Waals surface area contributed by atoms with Gasteiger partial charge < -0.3 is 14.8 Å². The summed E-state index contributed by atoms with van der Waals surface area (Å²) < 4.78 is 11.0. The molecule has 2 unspecified atom stereocenters. The lowest BCUT2D eigenvalue weighted by molar-refractivity contribution is 0.00925. The third-order valence-electron chi connectivity index (χ3n) is 3.22. The summed E-state index contributed by atoms with van der Waals surface area (Å²) in [5.74, 6) is 0.682. The van der Waals surface area contributed by atoms with Crippen molar-refractivity contribution in [3.05, 3.63) is 18.3 Å². The molecule has 2 heterocycles. The van der Waals surface area contributed by atoms with Gasteiger partial charge in [0.25, 0.3) is 0 Å². The fourth-order valence-corrected chi connectivity index (χ4v) is 2.23. The fourth-order valence-electron chi connectivity index (χ4n) is 2.23. The molecule has 0 radical (unpaired) electrons. The van der Waals surface area contributed by atoms with E-state index in [1.54, 1.807) is 0 Å². The molecule has 2 atom stereocenters. The second-order valence-corrected chi connectivity index (χ2v) is 4.58. The molecule has 4 nitrogen and oxygen atoms in total. The highest BCUT2D eigenvalue weighted by atomic mass is 16.5. The largest absolute Gasteiger partial charge is 0.478 e. The number of nitrogens with zero attached hydrogens (tertiary/aromatic N) is 1. The molecule has 2 rings (SSSR count). The Morgan fingerprint density at radius 3 is 3.00 bits per heavy atom. The molecule has 0 amide bonds. The van der Waals surface area contributed by atoms with Crippen molar-refractivity contribution >= 4 is 5.69 Å². The van der Waals surface area contributed by atoms with Crippen molar-refractivity contribution in [3.63, 3.8) is 0 Å². The molecule has 0 aliphatic carbocycles. The highest BCUT2D eigenvalue weighted by molar-refractivity contribution is 5.43. The Morgan fingerprint density at radius 2 is 2.33 bits per heavy atom. The number of rotatable bonds is 5. The first kappa shape index (κ1) is 13.1. The van der Waals surface area contributed by atoms with Gasteiger partial charge in [0.05, 0.1) is 24.6 Å². The normalized spacial score (nSPS) is 23.7.